The van der Waals surface area contributed by atoms with E-state index < -0.39 is 23.9 Å². The molecule has 1 atom stereocenters. The SMILES string of the molecule is NC(=O)CC[C@H](NC(=O)C1CCN(C(=O)CCCCCCCCCCCCCCCCCCC(=O)O)CC1)C(=O)O. The monoisotopic (exact) mass is 581 g/mol. The van der Waals surface area contributed by atoms with Gasteiger partial charge in [0.05, 0.1) is 0 Å². The number of amides is 3. The molecular weight excluding hydrogens is 526 g/mol. The zero-order valence-electron chi connectivity index (χ0n) is 25.1. The lowest BCUT2D eigenvalue weighted by molar-refractivity contribution is -0.143. The number of hydrogen-bond acceptors (Lipinski definition) is 5. The Morgan fingerprint density at radius 2 is 1.07 bits per heavy atom. The first-order valence-corrected chi connectivity index (χ1v) is 16.0. The molecule has 1 aliphatic heterocycles. The summed E-state index contributed by atoms with van der Waals surface area (Å²) in [7, 11) is 0. The number of piperidine rings is 1. The number of likely N-dealkylation sites (tertiary alicyclic amines) is 1. The van der Waals surface area contributed by atoms with Crippen molar-refractivity contribution in [2.24, 2.45) is 11.7 Å². The van der Waals surface area contributed by atoms with Gasteiger partial charge < -0.3 is 26.2 Å². The summed E-state index contributed by atoms with van der Waals surface area (Å²) in [6.45, 7) is 1.01. The fourth-order valence-electron chi connectivity index (χ4n) is 5.41. The Hall–Kier alpha value is -2.65. The van der Waals surface area contributed by atoms with E-state index in [-0.39, 0.29) is 30.6 Å². The van der Waals surface area contributed by atoms with Gasteiger partial charge in [0.1, 0.15) is 6.04 Å². The quantitative estimate of drug-likeness (QED) is 0.108. The number of carboxylic acid groups (broad SMARTS) is 2. The number of rotatable bonds is 25. The topological polar surface area (TPSA) is 167 Å². The third-order valence-corrected chi connectivity index (χ3v) is 8.04. The van der Waals surface area contributed by atoms with Crippen LogP contribution in [-0.4, -0.2) is 63.9 Å². The molecule has 0 saturated carbocycles. The van der Waals surface area contributed by atoms with Crippen molar-refractivity contribution in [1.29, 1.82) is 0 Å². The summed E-state index contributed by atoms with van der Waals surface area (Å²) in [5, 5.41) is 20.4. The van der Waals surface area contributed by atoms with Gasteiger partial charge in [-0.25, -0.2) is 4.79 Å². The lowest BCUT2D eigenvalue weighted by Crippen LogP contribution is -2.47. The molecule has 3 amide bonds. The van der Waals surface area contributed by atoms with E-state index in [2.05, 4.69) is 5.32 Å². The first-order valence-electron chi connectivity index (χ1n) is 16.0. The summed E-state index contributed by atoms with van der Waals surface area (Å²) in [6, 6.07) is -1.13. The number of nitrogens with zero attached hydrogens (tertiary/aromatic N) is 1. The van der Waals surface area contributed by atoms with E-state index in [1.54, 1.807) is 0 Å². The fraction of sp³-hybridized carbons (Fsp3) is 0.839. The van der Waals surface area contributed by atoms with E-state index in [9.17, 15) is 29.1 Å². The number of carboxylic acids is 2. The van der Waals surface area contributed by atoms with Crippen molar-refractivity contribution in [1.82, 2.24) is 10.2 Å². The lowest BCUT2D eigenvalue weighted by atomic mass is 9.95. The average Bonchev–Trinajstić information content (AvgIpc) is 2.94. The Morgan fingerprint density at radius 3 is 1.46 bits per heavy atom. The first-order chi connectivity index (χ1) is 19.7. The molecular formula is C31H55N3O7. The predicted octanol–water partition coefficient (Wildman–Crippen LogP) is 5.17. The highest BCUT2D eigenvalue weighted by atomic mass is 16.4. The molecule has 10 nitrogen and oxygen atoms in total. The van der Waals surface area contributed by atoms with Crippen molar-refractivity contribution in [3.63, 3.8) is 0 Å². The normalized spacial score (nSPS) is 14.5. The van der Waals surface area contributed by atoms with Crippen molar-refractivity contribution in [2.45, 2.75) is 147 Å². The molecule has 5 N–H and O–H groups in total. The molecule has 0 bridgehead atoms. The third kappa shape index (κ3) is 19.2. The highest BCUT2D eigenvalue weighted by molar-refractivity contribution is 5.86. The second-order valence-electron chi connectivity index (χ2n) is 11.6. The molecule has 0 radical (unpaired) electrons. The number of carbonyl (C=O) groups excluding carboxylic acids is 3. The highest BCUT2D eigenvalue weighted by Gasteiger charge is 2.30. The van der Waals surface area contributed by atoms with E-state index in [1.165, 1.54) is 64.2 Å². The first kappa shape index (κ1) is 36.4. The van der Waals surface area contributed by atoms with Crippen LogP contribution in [0.5, 0.6) is 0 Å². The molecule has 236 valence electrons. The molecule has 1 saturated heterocycles. The van der Waals surface area contributed by atoms with Crippen molar-refractivity contribution in [3.05, 3.63) is 0 Å². The van der Waals surface area contributed by atoms with Crippen molar-refractivity contribution < 1.29 is 34.2 Å². The Balaban J connectivity index is 1.96. The number of aliphatic carboxylic acids is 2. The van der Waals surface area contributed by atoms with E-state index in [1.807, 2.05) is 4.90 Å². The fourth-order valence-corrected chi connectivity index (χ4v) is 5.41. The number of primary amides is 1. The minimum Gasteiger partial charge on any atom is -0.481 e. The van der Waals surface area contributed by atoms with Gasteiger partial charge in [-0.1, -0.05) is 89.9 Å². The molecule has 0 spiro atoms. The second kappa shape index (κ2) is 23.0. The van der Waals surface area contributed by atoms with Crippen molar-refractivity contribution >= 4 is 29.7 Å². The summed E-state index contributed by atoms with van der Waals surface area (Å²) < 4.78 is 0. The summed E-state index contributed by atoms with van der Waals surface area (Å²) in [4.78, 5) is 59.6. The van der Waals surface area contributed by atoms with Gasteiger partial charge in [0.2, 0.25) is 17.7 Å². The minimum absolute atomic E-state index is 0.0322. The van der Waals surface area contributed by atoms with Gasteiger partial charge >= 0.3 is 11.9 Å². The molecule has 0 aromatic heterocycles. The van der Waals surface area contributed by atoms with Gasteiger partial charge in [0.15, 0.2) is 0 Å². The summed E-state index contributed by atoms with van der Waals surface area (Å²) in [6.07, 6.45) is 20.6. The van der Waals surface area contributed by atoms with Gasteiger partial charge in [0.25, 0.3) is 0 Å². The molecule has 1 fully saturated rings. The molecule has 41 heavy (non-hydrogen) atoms. The minimum atomic E-state index is -1.19. The number of nitrogens with one attached hydrogen (secondary N) is 1. The van der Waals surface area contributed by atoms with Crippen LogP contribution in [0.15, 0.2) is 0 Å². The predicted molar refractivity (Wildman–Crippen MR) is 158 cm³/mol. The largest absolute Gasteiger partial charge is 0.481 e. The zero-order valence-corrected chi connectivity index (χ0v) is 25.1. The van der Waals surface area contributed by atoms with Crippen LogP contribution in [0.1, 0.15) is 141 Å². The van der Waals surface area contributed by atoms with Crippen LogP contribution in [0.2, 0.25) is 0 Å². The molecule has 0 aromatic carbocycles. The number of nitrogens with two attached hydrogens (primary N) is 1. The van der Waals surface area contributed by atoms with Crippen molar-refractivity contribution in [2.75, 3.05) is 13.1 Å². The van der Waals surface area contributed by atoms with Crippen LogP contribution in [0.3, 0.4) is 0 Å². The highest BCUT2D eigenvalue weighted by Crippen LogP contribution is 2.20. The van der Waals surface area contributed by atoms with Crippen molar-refractivity contribution in [3.8, 4) is 0 Å². The zero-order chi connectivity index (χ0) is 30.3. The summed E-state index contributed by atoms with van der Waals surface area (Å²) >= 11 is 0. The maximum Gasteiger partial charge on any atom is 0.326 e. The molecule has 1 rings (SSSR count). The Bertz CT molecular complexity index is 782. The lowest BCUT2D eigenvalue weighted by Gasteiger charge is -2.32. The van der Waals surface area contributed by atoms with Crippen LogP contribution in [0.25, 0.3) is 0 Å². The maximum absolute atomic E-state index is 12.6. The van der Waals surface area contributed by atoms with Crippen LogP contribution < -0.4 is 11.1 Å². The van der Waals surface area contributed by atoms with Gasteiger partial charge in [-0.2, -0.15) is 0 Å². The van der Waals surface area contributed by atoms with Gasteiger partial charge in [-0.05, 0) is 32.1 Å². The van der Waals surface area contributed by atoms with Gasteiger partial charge in [0, 0.05) is 38.3 Å². The average molecular weight is 582 g/mol. The van der Waals surface area contributed by atoms with E-state index in [4.69, 9.17) is 10.8 Å². The standard InChI is InChI=1S/C31H55N3O7/c32-27(35)20-19-26(31(40)41)33-30(39)25-21-23-34(24-22-25)28(36)17-15-13-11-9-7-5-3-1-2-4-6-8-10-12-14-16-18-29(37)38/h25-26H,1-24H2,(H2,32,35)(H,33,39)(H,37,38)(H,40,41)/t26-/m0/s1. The molecule has 0 unspecified atom stereocenters. The Labute approximate surface area is 246 Å². The molecule has 10 heteroatoms. The van der Waals surface area contributed by atoms with E-state index in [0.717, 1.165) is 38.5 Å². The molecule has 0 aliphatic carbocycles. The van der Waals surface area contributed by atoms with Crippen LogP contribution in [0.4, 0.5) is 0 Å². The maximum atomic E-state index is 12.6. The number of hydrogen-bond donors (Lipinski definition) is 4. The van der Waals surface area contributed by atoms with Crippen LogP contribution >= 0.6 is 0 Å². The Kier molecular flexibility index (Phi) is 20.4. The molecule has 0 aromatic rings. The Morgan fingerprint density at radius 1 is 0.659 bits per heavy atom. The van der Waals surface area contributed by atoms with Gasteiger partial charge in [-0.3, -0.25) is 19.2 Å². The van der Waals surface area contributed by atoms with E-state index >= 15 is 0 Å². The summed E-state index contributed by atoms with van der Waals surface area (Å²) in [5.74, 6) is -3.02. The van der Waals surface area contributed by atoms with E-state index in [0.29, 0.717) is 38.8 Å². The third-order valence-electron chi connectivity index (χ3n) is 8.04. The number of unbranched alkanes of at least 4 members (excludes halogenated alkanes) is 15. The van der Waals surface area contributed by atoms with Crippen LogP contribution in [-0.2, 0) is 24.0 Å². The second-order valence-corrected chi connectivity index (χ2v) is 11.6. The smallest absolute Gasteiger partial charge is 0.326 e. The number of carbonyl (C=O) groups is 5. The molecule has 1 heterocycles. The molecule has 1 aliphatic rings. The van der Waals surface area contributed by atoms with Crippen LogP contribution in [0, 0.1) is 5.92 Å². The van der Waals surface area contributed by atoms with Gasteiger partial charge in [-0.15, -0.1) is 0 Å². The summed E-state index contributed by atoms with van der Waals surface area (Å²) in [5.41, 5.74) is 5.08.